The lowest BCUT2D eigenvalue weighted by Gasteiger charge is -2.36. The van der Waals surface area contributed by atoms with Gasteiger partial charge >= 0.3 is 0 Å². The fourth-order valence-corrected chi connectivity index (χ4v) is 3.66. The third-order valence-corrected chi connectivity index (χ3v) is 5.02. The Bertz CT molecular complexity index is 435. The molecule has 3 rings (SSSR count). The number of nitrogens with one attached hydrogen (secondary N) is 1. The molecule has 1 saturated carbocycles. The molecule has 2 aliphatic carbocycles. The van der Waals surface area contributed by atoms with Gasteiger partial charge in [-0.1, -0.05) is 25.3 Å². The second-order valence-corrected chi connectivity index (χ2v) is 6.41. The van der Waals surface area contributed by atoms with E-state index >= 15 is 0 Å². The second kappa shape index (κ2) is 5.54. The van der Waals surface area contributed by atoms with Crippen LogP contribution in [0.25, 0.3) is 0 Å². The van der Waals surface area contributed by atoms with E-state index in [1.807, 2.05) is 0 Å². The molecule has 19 heavy (non-hydrogen) atoms. The summed E-state index contributed by atoms with van der Waals surface area (Å²) in [7, 11) is 0. The summed E-state index contributed by atoms with van der Waals surface area (Å²) in [6, 6.07) is 6.80. The zero-order valence-corrected chi connectivity index (χ0v) is 11.8. The molecule has 2 N–H and O–H groups in total. The summed E-state index contributed by atoms with van der Waals surface area (Å²) in [6.07, 6.45) is 9.99. The van der Waals surface area contributed by atoms with Gasteiger partial charge in [0.25, 0.3) is 0 Å². The Hall–Kier alpha value is -1.02. The molecule has 0 spiro atoms. The highest BCUT2D eigenvalue weighted by molar-refractivity contribution is 5.50. The van der Waals surface area contributed by atoms with Gasteiger partial charge in [0.05, 0.1) is 6.61 Å². The first-order chi connectivity index (χ1) is 9.31. The maximum absolute atomic E-state index is 9.73. The van der Waals surface area contributed by atoms with Crippen LogP contribution >= 0.6 is 0 Å². The molecule has 0 radical (unpaired) electrons. The third kappa shape index (κ3) is 2.79. The molecule has 0 unspecified atom stereocenters. The summed E-state index contributed by atoms with van der Waals surface area (Å²) >= 11 is 0. The monoisotopic (exact) mass is 259 g/mol. The van der Waals surface area contributed by atoms with Crippen molar-refractivity contribution in [2.24, 2.45) is 5.41 Å². The molecule has 0 aromatic heterocycles. The van der Waals surface area contributed by atoms with Gasteiger partial charge in [0.1, 0.15) is 0 Å². The van der Waals surface area contributed by atoms with Crippen LogP contribution in [0.2, 0.25) is 0 Å². The fourth-order valence-electron chi connectivity index (χ4n) is 3.66. The summed E-state index contributed by atoms with van der Waals surface area (Å²) in [6.45, 7) is 1.24. The summed E-state index contributed by atoms with van der Waals surface area (Å²) in [5.41, 5.74) is 4.41. The van der Waals surface area contributed by atoms with Crippen LogP contribution < -0.4 is 5.32 Å². The topological polar surface area (TPSA) is 32.3 Å². The minimum atomic E-state index is 0.122. The van der Waals surface area contributed by atoms with Crippen LogP contribution in [-0.2, 0) is 12.8 Å². The average molecular weight is 259 g/mol. The number of fused-ring (bicyclic) bond motifs is 1. The van der Waals surface area contributed by atoms with E-state index < -0.39 is 0 Å². The lowest BCUT2D eigenvalue weighted by molar-refractivity contribution is 0.0944. The molecule has 1 aromatic rings. The molecular weight excluding hydrogens is 234 g/mol. The molecule has 1 fully saturated rings. The summed E-state index contributed by atoms with van der Waals surface area (Å²) in [5.74, 6) is 0. The van der Waals surface area contributed by atoms with Crippen LogP contribution in [0.15, 0.2) is 18.2 Å². The molecule has 0 bridgehead atoms. The molecule has 0 aliphatic heterocycles. The first-order valence-corrected chi connectivity index (χ1v) is 7.78. The molecule has 0 saturated heterocycles. The van der Waals surface area contributed by atoms with E-state index in [0.717, 1.165) is 6.54 Å². The smallest absolute Gasteiger partial charge is 0.0504 e. The van der Waals surface area contributed by atoms with Crippen molar-refractivity contribution in [3.05, 3.63) is 29.3 Å². The van der Waals surface area contributed by atoms with E-state index in [9.17, 15) is 5.11 Å². The van der Waals surface area contributed by atoms with E-state index in [1.165, 1.54) is 68.2 Å². The second-order valence-electron chi connectivity index (χ2n) is 6.41. The molecule has 0 heterocycles. The third-order valence-electron chi connectivity index (χ3n) is 5.02. The molecule has 2 aliphatic rings. The van der Waals surface area contributed by atoms with Crippen LogP contribution in [-0.4, -0.2) is 18.3 Å². The van der Waals surface area contributed by atoms with E-state index in [2.05, 4.69) is 23.5 Å². The molecular formula is C17H25NO. The Labute approximate surface area is 116 Å². The molecule has 0 atom stereocenters. The Kier molecular flexibility index (Phi) is 3.79. The minimum Gasteiger partial charge on any atom is -0.396 e. The molecule has 0 amide bonds. The number of hydrogen-bond acceptors (Lipinski definition) is 2. The van der Waals surface area contributed by atoms with E-state index in [-0.39, 0.29) is 5.41 Å². The highest BCUT2D eigenvalue weighted by atomic mass is 16.3. The molecule has 1 aromatic carbocycles. The highest BCUT2D eigenvalue weighted by Crippen LogP contribution is 2.36. The van der Waals surface area contributed by atoms with Gasteiger partial charge in [-0.15, -0.1) is 0 Å². The Morgan fingerprint density at radius 2 is 1.79 bits per heavy atom. The summed E-state index contributed by atoms with van der Waals surface area (Å²) in [5, 5.41) is 13.3. The van der Waals surface area contributed by atoms with Crippen molar-refractivity contribution in [3.8, 4) is 0 Å². The van der Waals surface area contributed by atoms with Gasteiger partial charge in [-0.3, -0.25) is 0 Å². The normalized spacial score (nSPS) is 21.1. The lowest BCUT2D eigenvalue weighted by atomic mass is 9.74. The van der Waals surface area contributed by atoms with Gasteiger partial charge in [0.2, 0.25) is 0 Å². The lowest BCUT2D eigenvalue weighted by Crippen LogP contribution is -2.35. The van der Waals surface area contributed by atoms with Crippen molar-refractivity contribution in [2.75, 3.05) is 18.5 Å². The number of hydrogen-bond donors (Lipinski definition) is 2. The predicted octanol–water partition coefficient (Wildman–Crippen LogP) is 3.53. The van der Waals surface area contributed by atoms with E-state index in [0.29, 0.717) is 6.61 Å². The number of anilines is 1. The van der Waals surface area contributed by atoms with Gasteiger partial charge in [-0.25, -0.2) is 0 Å². The summed E-state index contributed by atoms with van der Waals surface area (Å²) < 4.78 is 0. The molecule has 2 nitrogen and oxygen atoms in total. The molecule has 104 valence electrons. The van der Waals surface area contributed by atoms with Crippen molar-refractivity contribution < 1.29 is 5.11 Å². The Balaban J connectivity index is 1.65. The number of benzene rings is 1. The zero-order valence-electron chi connectivity index (χ0n) is 11.8. The standard InChI is InChI=1S/C17H25NO/c19-13-17(9-2-1-3-10-17)12-18-16-8-7-14-5-4-6-15(14)11-16/h7-8,11,18-19H,1-6,9-10,12-13H2. The van der Waals surface area contributed by atoms with Crippen LogP contribution in [0, 0.1) is 5.41 Å². The zero-order chi connectivity index (χ0) is 13.1. The first kappa shape index (κ1) is 13.0. The quantitative estimate of drug-likeness (QED) is 0.867. The maximum atomic E-state index is 9.73. The van der Waals surface area contributed by atoms with Crippen LogP contribution in [0.4, 0.5) is 5.69 Å². The predicted molar refractivity (Wildman–Crippen MR) is 79.6 cm³/mol. The van der Waals surface area contributed by atoms with Crippen molar-refractivity contribution in [1.82, 2.24) is 0 Å². The Morgan fingerprint density at radius 3 is 2.58 bits per heavy atom. The Morgan fingerprint density at radius 1 is 1.00 bits per heavy atom. The molecule has 2 heteroatoms. The number of aliphatic hydroxyl groups excluding tert-OH is 1. The van der Waals surface area contributed by atoms with Crippen LogP contribution in [0.5, 0.6) is 0 Å². The fraction of sp³-hybridized carbons (Fsp3) is 0.647. The minimum absolute atomic E-state index is 0.122. The van der Waals surface area contributed by atoms with Crippen molar-refractivity contribution in [1.29, 1.82) is 0 Å². The van der Waals surface area contributed by atoms with Crippen LogP contribution in [0.1, 0.15) is 49.7 Å². The van der Waals surface area contributed by atoms with E-state index in [1.54, 1.807) is 0 Å². The van der Waals surface area contributed by atoms with Crippen molar-refractivity contribution in [2.45, 2.75) is 51.4 Å². The number of aliphatic hydroxyl groups is 1. The van der Waals surface area contributed by atoms with Gasteiger partial charge < -0.3 is 10.4 Å². The van der Waals surface area contributed by atoms with E-state index in [4.69, 9.17) is 0 Å². The maximum Gasteiger partial charge on any atom is 0.0504 e. The van der Waals surface area contributed by atoms with Gasteiger partial charge in [0, 0.05) is 17.6 Å². The largest absolute Gasteiger partial charge is 0.396 e. The van der Waals surface area contributed by atoms with Gasteiger partial charge in [-0.2, -0.15) is 0 Å². The summed E-state index contributed by atoms with van der Waals surface area (Å²) in [4.78, 5) is 0. The van der Waals surface area contributed by atoms with Gasteiger partial charge in [0.15, 0.2) is 0 Å². The highest BCUT2D eigenvalue weighted by Gasteiger charge is 2.31. The first-order valence-electron chi connectivity index (χ1n) is 7.78. The SMILES string of the molecule is OCC1(CNc2ccc3c(c2)CCC3)CCCCC1. The van der Waals surface area contributed by atoms with Crippen molar-refractivity contribution >= 4 is 5.69 Å². The number of rotatable bonds is 4. The van der Waals surface area contributed by atoms with Crippen LogP contribution in [0.3, 0.4) is 0 Å². The number of aryl methyl sites for hydroxylation is 2. The average Bonchev–Trinajstić information content (AvgIpc) is 2.93. The van der Waals surface area contributed by atoms with Crippen molar-refractivity contribution in [3.63, 3.8) is 0 Å². The van der Waals surface area contributed by atoms with Gasteiger partial charge in [-0.05, 0) is 55.4 Å².